The van der Waals surface area contributed by atoms with E-state index in [1.165, 1.54) is 16.8 Å². The molecule has 2 rings (SSSR count). The van der Waals surface area contributed by atoms with E-state index in [1.807, 2.05) is 12.1 Å². The Morgan fingerprint density at radius 1 is 1.00 bits per heavy atom. The lowest BCUT2D eigenvalue weighted by Gasteiger charge is -2.30. The Hall–Kier alpha value is -1.35. The van der Waals surface area contributed by atoms with Crippen molar-refractivity contribution in [2.24, 2.45) is 0 Å². The van der Waals surface area contributed by atoms with Crippen LogP contribution in [0.2, 0.25) is 0 Å². The molecule has 21 heavy (non-hydrogen) atoms. The Labute approximate surface area is 136 Å². The summed E-state index contributed by atoms with van der Waals surface area (Å²) in [5.74, 6) is 0. The molecule has 0 amide bonds. The van der Waals surface area contributed by atoms with E-state index >= 15 is 0 Å². The first-order valence-electron chi connectivity index (χ1n) is 7.50. The zero-order valence-corrected chi connectivity index (χ0v) is 14.8. The number of anilines is 1. The van der Waals surface area contributed by atoms with Crippen LogP contribution in [-0.2, 0) is 18.4 Å². The van der Waals surface area contributed by atoms with Crippen molar-refractivity contribution < 1.29 is 0 Å². The zero-order valence-electron chi connectivity index (χ0n) is 13.2. The van der Waals surface area contributed by atoms with Crippen LogP contribution in [0, 0.1) is 0 Å². The largest absolute Gasteiger partial charge is 0.374 e. The van der Waals surface area contributed by atoms with Crippen LogP contribution in [0.1, 0.15) is 44.5 Å². The predicted octanol–water partition coefficient (Wildman–Crippen LogP) is 5.32. The Bertz CT molecular complexity index is 598. The number of para-hydroxylation sites is 1. The number of pyridine rings is 1. The highest BCUT2D eigenvalue weighted by Gasteiger charge is 2.24. The minimum absolute atomic E-state index is 0.223. The van der Waals surface area contributed by atoms with Crippen molar-refractivity contribution in [3.05, 3.63) is 57.8 Å². The average molecular weight is 347 g/mol. The Kier molecular flexibility index (Phi) is 5.04. The van der Waals surface area contributed by atoms with Crippen LogP contribution in [0.25, 0.3) is 0 Å². The molecule has 0 aliphatic carbocycles. The maximum atomic E-state index is 4.61. The Morgan fingerprint density at radius 3 is 2.10 bits per heavy atom. The first kappa shape index (κ1) is 16.0. The molecule has 0 radical (unpaired) electrons. The van der Waals surface area contributed by atoms with Crippen molar-refractivity contribution in [1.29, 1.82) is 0 Å². The van der Waals surface area contributed by atoms with Gasteiger partial charge in [0.15, 0.2) is 0 Å². The molecular formula is C18H23BrN2. The molecule has 1 N–H and O–H groups in total. The highest BCUT2D eigenvalue weighted by molar-refractivity contribution is 9.10. The third-order valence-electron chi connectivity index (χ3n) is 3.79. The van der Waals surface area contributed by atoms with Gasteiger partial charge in [-0.3, -0.25) is 0 Å². The van der Waals surface area contributed by atoms with E-state index in [0.717, 1.165) is 23.1 Å². The summed E-state index contributed by atoms with van der Waals surface area (Å²) in [5, 5.41) is 3.72. The first-order chi connectivity index (χ1) is 9.97. The molecule has 1 aromatic heterocycles. The topological polar surface area (TPSA) is 24.9 Å². The quantitative estimate of drug-likeness (QED) is 0.741. The second-order valence-corrected chi connectivity index (χ2v) is 6.57. The molecule has 0 saturated heterocycles. The molecule has 0 fully saturated rings. The van der Waals surface area contributed by atoms with Crippen molar-refractivity contribution in [2.45, 2.75) is 46.1 Å². The van der Waals surface area contributed by atoms with Gasteiger partial charge >= 0.3 is 0 Å². The van der Waals surface area contributed by atoms with Crippen molar-refractivity contribution in [2.75, 3.05) is 5.32 Å². The maximum Gasteiger partial charge on any atom is 0.106 e. The van der Waals surface area contributed by atoms with Gasteiger partial charge in [0.2, 0.25) is 0 Å². The SMILES string of the molecule is CCc1cccc(CC)c1NC(C)(C)c1cccc(Br)n1. The number of rotatable bonds is 5. The van der Waals surface area contributed by atoms with E-state index < -0.39 is 0 Å². The lowest BCUT2D eigenvalue weighted by Crippen LogP contribution is -2.30. The van der Waals surface area contributed by atoms with E-state index in [9.17, 15) is 0 Å². The molecule has 0 unspecified atom stereocenters. The van der Waals surface area contributed by atoms with Crippen LogP contribution in [0.15, 0.2) is 41.0 Å². The van der Waals surface area contributed by atoms with Crippen molar-refractivity contribution in [3.63, 3.8) is 0 Å². The molecule has 0 aliphatic heterocycles. The number of aryl methyl sites for hydroxylation is 2. The number of hydrogen-bond donors (Lipinski definition) is 1. The van der Waals surface area contributed by atoms with E-state index in [0.29, 0.717) is 0 Å². The molecule has 1 aromatic carbocycles. The smallest absolute Gasteiger partial charge is 0.106 e. The molecule has 1 heterocycles. The Balaban J connectivity index is 2.40. The van der Waals surface area contributed by atoms with Gasteiger partial charge in [0.25, 0.3) is 0 Å². The molecule has 0 aliphatic rings. The first-order valence-corrected chi connectivity index (χ1v) is 8.29. The standard InChI is InChI=1S/C18H23BrN2/c1-5-13-9-7-10-14(6-2)17(13)21-18(3,4)15-11-8-12-16(19)20-15/h7-12,21H,5-6H2,1-4H3. The summed E-state index contributed by atoms with van der Waals surface area (Å²) in [6.07, 6.45) is 2.05. The third-order valence-corrected chi connectivity index (χ3v) is 4.23. The van der Waals surface area contributed by atoms with Gasteiger partial charge in [-0.1, -0.05) is 38.1 Å². The fourth-order valence-electron chi connectivity index (χ4n) is 2.54. The van der Waals surface area contributed by atoms with Crippen LogP contribution in [0.4, 0.5) is 5.69 Å². The zero-order chi connectivity index (χ0) is 15.5. The highest BCUT2D eigenvalue weighted by atomic mass is 79.9. The maximum absolute atomic E-state index is 4.61. The fourth-order valence-corrected chi connectivity index (χ4v) is 2.88. The molecular weight excluding hydrogens is 324 g/mol. The Morgan fingerprint density at radius 2 is 1.57 bits per heavy atom. The predicted molar refractivity (Wildman–Crippen MR) is 93.8 cm³/mol. The summed E-state index contributed by atoms with van der Waals surface area (Å²) < 4.78 is 0.870. The number of nitrogens with zero attached hydrogens (tertiary/aromatic N) is 1. The summed E-state index contributed by atoms with van der Waals surface area (Å²) in [6, 6.07) is 12.6. The molecule has 0 atom stereocenters. The normalized spacial score (nSPS) is 11.5. The molecule has 3 heteroatoms. The van der Waals surface area contributed by atoms with Gasteiger partial charge in [0.1, 0.15) is 4.60 Å². The van der Waals surface area contributed by atoms with Gasteiger partial charge in [0.05, 0.1) is 11.2 Å². The lowest BCUT2D eigenvalue weighted by atomic mass is 9.96. The number of hydrogen-bond acceptors (Lipinski definition) is 2. The molecule has 0 spiro atoms. The number of benzene rings is 1. The summed E-state index contributed by atoms with van der Waals surface area (Å²) in [4.78, 5) is 4.61. The van der Waals surface area contributed by atoms with Gasteiger partial charge in [-0.2, -0.15) is 0 Å². The average Bonchev–Trinajstić information content (AvgIpc) is 2.47. The number of halogens is 1. The van der Waals surface area contributed by atoms with Crippen LogP contribution < -0.4 is 5.32 Å². The molecule has 2 aromatic rings. The van der Waals surface area contributed by atoms with E-state index in [2.05, 4.69) is 78.2 Å². The minimum Gasteiger partial charge on any atom is -0.374 e. The molecule has 2 nitrogen and oxygen atoms in total. The van der Waals surface area contributed by atoms with E-state index in [4.69, 9.17) is 0 Å². The summed E-state index contributed by atoms with van der Waals surface area (Å²) in [5.41, 5.74) is 4.79. The lowest BCUT2D eigenvalue weighted by molar-refractivity contribution is 0.584. The van der Waals surface area contributed by atoms with Crippen molar-refractivity contribution in [1.82, 2.24) is 4.98 Å². The highest BCUT2D eigenvalue weighted by Crippen LogP contribution is 2.30. The summed E-state index contributed by atoms with van der Waals surface area (Å²) >= 11 is 3.46. The fraction of sp³-hybridized carbons (Fsp3) is 0.389. The number of aromatic nitrogens is 1. The van der Waals surface area contributed by atoms with Gasteiger partial charge in [0, 0.05) is 5.69 Å². The third kappa shape index (κ3) is 3.65. The van der Waals surface area contributed by atoms with Crippen LogP contribution in [0.5, 0.6) is 0 Å². The van der Waals surface area contributed by atoms with Gasteiger partial charge in [-0.05, 0) is 65.9 Å². The minimum atomic E-state index is -0.223. The van der Waals surface area contributed by atoms with Crippen molar-refractivity contribution >= 4 is 21.6 Å². The molecule has 0 saturated carbocycles. The second-order valence-electron chi connectivity index (χ2n) is 5.75. The van der Waals surface area contributed by atoms with Crippen LogP contribution >= 0.6 is 15.9 Å². The van der Waals surface area contributed by atoms with E-state index in [-0.39, 0.29) is 5.54 Å². The molecule has 112 valence electrons. The number of nitrogens with one attached hydrogen (secondary N) is 1. The van der Waals surface area contributed by atoms with Gasteiger partial charge in [-0.25, -0.2) is 4.98 Å². The van der Waals surface area contributed by atoms with Crippen molar-refractivity contribution in [3.8, 4) is 0 Å². The van der Waals surface area contributed by atoms with Crippen LogP contribution in [-0.4, -0.2) is 4.98 Å². The monoisotopic (exact) mass is 346 g/mol. The van der Waals surface area contributed by atoms with Gasteiger partial charge < -0.3 is 5.32 Å². The van der Waals surface area contributed by atoms with Crippen LogP contribution in [0.3, 0.4) is 0 Å². The van der Waals surface area contributed by atoms with E-state index in [1.54, 1.807) is 0 Å². The second kappa shape index (κ2) is 6.61. The van der Waals surface area contributed by atoms with Gasteiger partial charge in [-0.15, -0.1) is 0 Å². The summed E-state index contributed by atoms with van der Waals surface area (Å²) in [6.45, 7) is 8.75. The summed E-state index contributed by atoms with van der Waals surface area (Å²) in [7, 11) is 0. The molecule has 0 bridgehead atoms.